The van der Waals surface area contributed by atoms with Crippen LogP contribution in [0.5, 0.6) is 5.75 Å². The standard InChI is InChI=1S/C17H17N5O3/c1-21(8-6-12-5-3-4-7-18-12)17-13-9-15(22(23)24)16(25-2)10-14(13)19-11-20-17/h3-5,7,9-11H,6,8H2,1-2H3. The maximum atomic E-state index is 11.3. The molecule has 2 aromatic heterocycles. The molecule has 0 atom stereocenters. The molecule has 0 fully saturated rings. The van der Waals surface area contributed by atoms with E-state index in [4.69, 9.17) is 4.74 Å². The van der Waals surface area contributed by atoms with Crippen LogP contribution in [0, 0.1) is 10.1 Å². The quantitative estimate of drug-likeness (QED) is 0.503. The number of nitro benzene ring substituents is 1. The molecule has 128 valence electrons. The summed E-state index contributed by atoms with van der Waals surface area (Å²) < 4.78 is 5.10. The molecule has 2 heterocycles. The lowest BCUT2D eigenvalue weighted by Gasteiger charge is -2.19. The Morgan fingerprint density at radius 1 is 1.24 bits per heavy atom. The van der Waals surface area contributed by atoms with Crippen LogP contribution in [-0.2, 0) is 6.42 Å². The maximum Gasteiger partial charge on any atom is 0.311 e. The molecule has 0 amide bonds. The zero-order chi connectivity index (χ0) is 17.8. The largest absolute Gasteiger partial charge is 0.490 e. The van der Waals surface area contributed by atoms with E-state index in [1.807, 2.05) is 30.1 Å². The van der Waals surface area contributed by atoms with E-state index in [1.54, 1.807) is 12.3 Å². The summed E-state index contributed by atoms with van der Waals surface area (Å²) in [5, 5.41) is 11.9. The molecule has 0 saturated carbocycles. The minimum Gasteiger partial charge on any atom is -0.490 e. The lowest BCUT2D eigenvalue weighted by atomic mass is 10.2. The monoisotopic (exact) mass is 339 g/mol. The van der Waals surface area contributed by atoms with Gasteiger partial charge in [-0.25, -0.2) is 9.97 Å². The fourth-order valence-corrected chi connectivity index (χ4v) is 2.60. The number of methoxy groups -OCH3 is 1. The second-order valence-electron chi connectivity index (χ2n) is 5.49. The van der Waals surface area contributed by atoms with Crippen LogP contribution in [-0.4, -0.2) is 40.6 Å². The fraction of sp³-hybridized carbons (Fsp3) is 0.235. The minimum absolute atomic E-state index is 0.107. The van der Waals surface area contributed by atoms with Crippen molar-refractivity contribution in [3.05, 3.63) is 58.7 Å². The van der Waals surface area contributed by atoms with E-state index in [9.17, 15) is 10.1 Å². The Labute approximate surface area is 144 Å². The highest BCUT2D eigenvalue weighted by Gasteiger charge is 2.19. The summed E-state index contributed by atoms with van der Waals surface area (Å²) in [5.41, 5.74) is 1.46. The van der Waals surface area contributed by atoms with Gasteiger partial charge in [0.25, 0.3) is 0 Å². The van der Waals surface area contributed by atoms with Crippen LogP contribution in [0.2, 0.25) is 0 Å². The van der Waals surface area contributed by atoms with Crippen LogP contribution < -0.4 is 9.64 Å². The van der Waals surface area contributed by atoms with Gasteiger partial charge in [0, 0.05) is 49.4 Å². The lowest BCUT2D eigenvalue weighted by Crippen LogP contribution is -2.22. The number of nitro groups is 1. The molecule has 25 heavy (non-hydrogen) atoms. The summed E-state index contributed by atoms with van der Waals surface area (Å²) in [6.07, 6.45) is 3.94. The van der Waals surface area contributed by atoms with E-state index in [-0.39, 0.29) is 11.4 Å². The SMILES string of the molecule is COc1cc2ncnc(N(C)CCc3ccccn3)c2cc1[N+](=O)[O-]. The van der Waals surface area contributed by atoms with E-state index >= 15 is 0 Å². The average Bonchev–Trinajstić information content (AvgIpc) is 2.65. The number of rotatable bonds is 6. The Bertz CT molecular complexity index is 901. The van der Waals surface area contributed by atoms with Crippen LogP contribution in [0.25, 0.3) is 10.9 Å². The summed E-state index contributed by atoms with van der Waals surface area (Å²) in [6, 6.07) is 8.79. The number of nitrogens with zero attached hydrogens (tertiary/aromatic N) is 5. The van der Waals surface area contributed by atoms with Crippen LogP contribution in [0.15, 0.2) is 42.9 Å². The van der Waals surface area contributed by atoms with Crippen LogP contribution >= 0.6 is 0 Å². The van der Waals surface area contributed by atoms with Gasteiger partial charge in [-0.1, -0.05) is 6.07 Å². The normalized spacial score (nSPS) is 10.6. The number of anilines is 1. The molecular weight excluding hydrogens is 322 g/mol. The molecule has 0 aliphatic heterocycles. The van der Waals surface area contributed by atoms with E-state index in [0.29, 0.717) is 23.3 Å². The molecule has 1 aromatic carbocycles. The third kappa shape index (κ3) is 3.47. The van der Waals surface area contributed by atoms with Crippen LogP contribution in [0.4, 0.5) is 11.5 Å². The van der Waals surface area contributed by atoms with Gasteiger partial charge < -0.3 is 9.64 Å². The van der Waals surface area contributed by atoms with E-state index in [1.165, 1.54) is 19.5 Å². The maximum absolute atomic E-state index is 11.3. The molecule has 0 N–H and O–H groups in total. The molecule has 3 rings (SSSR count). The Kier molecular flexibility index (Phi) is 4.69. The predicted octanol–water partition coefficient (Wildman–Crippen LogP) is 2.62. The number of hydrogen-bond donors (Lipinski definition) is 0. The molecule has 0 bridgehead atoms. The summed E-state index contributed by atoms with van der Waals surface area (Å²) in [6.45, 7) is 0.670. The molecule has 0 radical (unpaired) electrons. The highest BCUT2D eigenvalue weighted by Crippen LogP contribution is 2.34. The number of benzene rings is 1. The zero-order valence-corrected chi connectivity index (χ0v) is 13.9. The zero-order valence-electron chi connectivity index (χ0n) is 13.9. The second-order valence-corrected chi connectivity index (χ2v) is 5.49. The van der Waals surface area contributed by atoms with Gasteiger partial charge in [-0.15, -0.1) is 0 Å². The first-order valence-corrected chi connectivity index (χ1v) is 7.68. The fourth-order valence-electron chi connectivity index (χ4n) is 2.60. The number of aromatic nitrogens is 3. The van der Waals surface area contributed by atoms with E-state index in [2.05, 4.69) is 15.0 Å². The average molecular weight is 339 g/mol. The molecule has 0 aliphatic carbocycles. The lowest BCUT2D eigenvalue weighted by molar-refractivity contribution is -0.385. The topological polar surface area (TPSA) is 94.3 Å². The van der Waals surface area contributed by atoms with Gasteiger partial charge in [-0.2, -0.15) is 0 Å². The first-order chi connectivity index (χ1) is 12.1. The van der Waals surface area contributed by atoms with E-state index in [0.717, 1.165) is 12.1 Å². The van der Waals surface area contributed by atoms with Crippen molar-refractivity contribution < 1.29 is 9.66 Å². The summed E-state index contributed by atoms with van der Waals surface area (Å²) in [7, 11) is 3.29. The van der Waals surface area contributed by atoms with Crippen molar-refractivity contribution in [1.82, 2.24) is 15.0 Å². The van der Waals surface area contributed by atoms with Crippen molar-refractivity contribution in [1.29, 1.82) is 0 Å². The van der Waals surface area contributed by atoms with Gasteiger partial charge in [0.05, 0.1) is 17.5 Å². The smallest absolute Gasteiger partial charge is 0.311 e. The Balaban J connectivity index is 1.95. The summed E-state index contributed by atoms with van der Waals surface area (Å²) >= 11 is 0. The third-order valence-electron chi connectivity index (χ3n) is 3.90. The highest BCUT2D eigenvalue weighted by atomic mass is 16.6. The highest BCUT2D eigenvalue weighted by molar-refractivity contribution is 5.92. The number of hydrogen-bond acceptors (Lipinski definition) is 7. The molecule has 0 spiro atoms. The molecule has 3 aromatic rings. The van der Waals surface area contributed by atoms with Gasteiger partial charge in [0.1, 0.15) is 12.1 Å². The molecule has 8 heteroatoms. The Hall–Kier alpha value is -3.29. The second kappa shape index (κ2) is 7.08. The molecule has 0 aliphatic rings. The number of pyridine rings is 1. The van der Waals surface area contributed by atoms with Crippen LogP contribution in [0.3, 0.4) is 0 Å². The number of fused-ring (bicyclic) bond motifs is 1. The van der Waals surface area contributed by atoms with Crippen molar-refractivity contribution >= 4 is 22.4 Å². The molecular formula is C17H17N5O3. The van der Waals surface area contributed by atoms with Gasteiger partial charge in [0.15, 0.2) is 5.75 Å². The first-order valence-electron chi connectivity index (χ1n) is 7.68. The van der Waals surface area contributed by atoms with Gasteiger partial charge in [-0.05, 0) is 12.1 Å². The first kappa shape index (κ1) is 16.6. The van der Waals surface area contributed by atoms with Crippen molar-refractivity contribution in [3.8, 4) is 5.75 Å². The molecule has 0 saturated heterocycles. The van der Waals surface area contributed by atoms with Crippen LogP contribution in [0.1, 0.15) is 5.69 Å². The van der Waals surface area contributed by atoms with Gasteiger partial charge in [0.2, 0.25) is 0 Å². The number of likely N-dealkylation sites (N-methyl/N-ethyl adjacent to an activating group) is 1. The number of ether oxygens (including phenoxy) is 1. The summed E-state index contributed by atoms with van der Waals surface area (Å²) in [4.78, 5) is 25.6. The van der Waals surface area contributed by atoms with Gasteiger partial charge >= 0.3 is 5.69 Å². The van der Waals surface area contributed by atoms with Crippen molar-refractivity contribution in [2.45, 2.75) is 6.42 Å². The summed E-state index contributed by atoms with van der Waals surface area (Å²) in [5.74, 6) is 0.810. The molecule has 0 unspecified atom stereocenters. The Morgan fingerprint density at radius 2 is 2.08 bits per heavy atom. The van der Waals surface area contributed by atoms with Gasteiger partial charge in [-0.3, -0.25) is 15.1 Å². The predicted molar refractivity (Wildman–Crippen MR) is 94.0 cm³/mol. The van der Waals surface area contributed by atoms with Crippen molar-refractivity contribution in [3.63, 3.8) is 0 Å². The molecule has 8 nitrogen and oxygen atoms in total. The van der Waals surface area contributed by atoms with E-state index < -0.39 is 4.92 Å². The van der Waals surface area contributed by atoms with Crippen molar-refractivity contribution in [2.75, 3.05) is 25.6 Å². The Morgan fingerprint density at radius 3 is 2.76 bits per heavy atom. The third-order valence-corrected chi connectivity index (χ3v) is 3.90. The minimum atomic E-state index is -0.469. The van der Waals surface area contributed by atoms with Crippen molar-refractivity contribution in [2.24, 2.45) is 0 Å².